The van der Waals surface area contributed by atoms with Gasteiger partial charge in [-0.25, -0.2) is 0 Å². The molecule has 2 N–H and O–H groups in total. The van der Waals surface area contributed by atoms with Gasteiger partial charge in [-0.05, 0) is 37.5 Å². The maximum atomic E-state index is 8.86. The van der Waals surface area contributed by atoms with Crippen molar-refractivity contribution in [2.45, 2.75) is 19.8 Å². The van der Waals surface area contributed by atoms with Crippen LogP contribution in [0.4, 0.5) is 0 Å². The Bertz CT molecular complexity index is 566. The number of fused-ring (bicyclic) bond motifs is 3. The average Bonchev–Trinajstić information content (AvgIpc) is 2.76. The molecule has 1 aliphatic carbocycles. The van der Waals surface area contributed by atoms with Gasteiger partial charge in [-0.1, -0.05) is 16.8 Å². The fourth-order valence-electron chi connectivity index (χ4n) is 2.34. The molecule has 3 heteroatoms. The first kappa shape index (κ1) is 8.53. The monoisotopic (exact) mass is 200 g/mol. The highest BCUT2D eigenvalue weighted by atomic mass is 16.4. The van der Waals surface area contributed by atoms with E-state index < -0.39 is 0 Å². The second-order valence-electron chi connectivity index (χ2n) is 4.07. The van der Waals surface area contributed by atoms with E-state index in [0.29, 0.717) is 0 Å². The van der Waals surface area contributed by atoms with E-state index in [2.05, 4.69) is 35.3 Å². The molecule has 0 atom stereocenters. The van der Waals surface area contributed by atoms with Crippen molar-refractivity contribution < 1.29 is 5.21 Å². The molecule has 15 heavy (non-hydrogen) atoms. The number of rotatable bonds is 0. The Kier molecular flexibility index (Phi) is 1.63. The lowest BCUT2D eigenvalue weighted by Crippen LogP contribution is -1.94. The molecule has 0 saturated heterocycles. The number of aromatic amines is 1. The van der Waals surface area contributed by atoms with Crippen LogP contribution in [0.2, 0.25) is 0 Å². The predicted octanol–water partition coefficient (Wildman–Crippen LogP) is 2.60. The molecule has 0 unspecified atom stereocenters. The van der Waals surface area contributed by atoms with Crippen LogP contribution in [-0.4, -0.2) is 15.9 Å². The molecule has 0 aliphatic heterocycles. The summed E-state index contributed by atoms with van der Waals surface area (Å²) >= 11 is 0. The van der Waals surface area contributed by atoms with E-state index in [1.807, 2.05) is 0 Å². The highest BCUT2D eigenvalue weighted by molar-refractivity contribution is 6.08. The third kappa shape index (κ3) is 1.09. The number of hydrogen-bond acceptors (Lipinski definition) is 2. The molecule has 0 bridgehead atoms. The van der Waals surface area contributed by atoms with Crippen LogP contribution in [0.15, 0.2) is 23.4 Å². The van der Waals surface area contributed by atoms with Crippen LogP contribution in [0.3, 0.4) is 0 Å². The van der Waals surface area contributed by atoms with Gasteiger partial charge in [-0.15, -0.1) is 0 Å². The molecule has 3 rings (SSSR count). The number of aryl methyl sites for hydroxylation is 2. The van der Waals surface area contributed by atoms with Crippen molar-refractivity contribution in [1.29, 1.82) is 0 Å². The maximum absolute atomic E-state index is 8.86. The summed E-state index contributed by atoms with van der Waals surface area (Å²) in [6.07, 6.45) is 1.81. The number of aromatic nitrogens is 1. The van der Waals surface area contributed by atoms with Gasteiger partial charge in [0.15, 0.2) is 0 Å². The Morgan fingerprint density at radius 1 is 1.33 bits per heavy atom. The van der Waals surface area contributed by atoms with E-state index in [1.54, 1.807) is 0 Å². The van der Waals surface area contributed by atoms with Gasteiger partial charge in [0.25, 0.3) is 0 Å². The maximum Gasteiger partial charge on any atom is 0.104 e. The normalized spacial score (nSPS) is 17.5. The lowest BCUT2D eigenvalue weighted by molar-refractivity contribution is 0.318. The van der Waals surface area contributed by atoms with Crippen molar-refractivity contribution in [1.82, 2.24) is 4.98 Å². The van der Waals surface area contributed by atoms with Crippen molar-refractivity contribution >= 4 is 16.6 Å². The van der Waals surface area contributed by atoms with Crippen LogP contribution in [0.1, 0.15) is 23.2 Å². The van der Waals surface area contributed by atoms with Gasteiger partial charge in [-0.3, -0.25) is 0 Å². The zero-order valence-electron chi connectivity index (χ0n) is 8.54. The SMILES string of the molecule is Cc1ccc2[nH]c3c(c2c1)CCC3=NO. The molecule has 1 aromatic heterocycles. The molecule has 0 fully saturated rings. The lowest BCUT2D eigenvalue weighted by atomic mass is 10.1. The second-order valence-corrected chi connectivity index (χ2v) is 4.07. The number of nitrogens with zero attached hydrogens (tertiary/aromatic N) is 1. The average molecular weight is 200 g/mol. The summed E-state index contributed by atoms with van der Waals surface area (Å²) in [5.74, 6) is 0. The molecule has 1 aliphatic rings. The zero-order chi connectivity index (χ0) is 10.4. The Balaban J connectivity index is 2.35. The van der Waals surface area contributed by atoms with Gasteiger partial charge in [-0.2, -0.15) is 0 Å². The van der Waals surface area contributed by atoms with Crippen LogP contribution >= 0.6 is 0 Å². The number of benzene rings is 1. The van der Waals surface area contributed by atoms with Crippen LogP contribution in [0.5, 0.6) is 0 Å². The summed E-state index contributed by atoms with van der Waals surface area (Å²) in [6.45, 7) is 2.09. The number of H-pyrrole nitrogens is 1. The summed E-state index contributed by atoms with van der Waals surface area (Å²) in [4.78, 5) is 3.31. The molecule has 2 aromatic rings. The second kappa shape index (κ2) is 2.86. The lowest BCUT2D eigenvalue weighted by Gasteiger charge is -1.95. The summed E-state index contributed by atoms with van der Waals surface area (Å²) in [5.41, 5.74) is 5.48. The first-order valence-corrected chi connectivity index (χ1v) is 5.12. The van der Waals surface area contributed by atoms with Gasteiger partial charge in [0, 0.05) is 10.9 Å². The predicted molar refractivity (Wildman–Crippen MR) is 59.7 cm³/mol. The molecule has 0 amide bonds. The first-order chi connectivity index (χ1) is 7.29. The third-order valence-electron chi connectivity index (χ3n) is 3.08. The van der Waals surface area contributed by atoms with Crippen molar-refractivity contribution in [3.05, 3.63) is 35.0 Å². The molecular weight excluding hydrogens is 188 g/mol. The van der Waals surface area contributed by atoms with E-state index in [9.17, 15) is 0 Å². The summed E-state index contributed by atoms with van der Waals surface area (Å²) in [5, 5.41) is 13.5. The Morgan fingerprint density at radius 2 is 2.20 bits per heavy atom. The topological polar surface area (TPSA) is 48.4 Å². The fourth-order valence-corrected chi connectivity index (χ4v) is 2.34. The Hall–Kier alpha value is -1.77. The molecule has 1 aromatic carbocycles. The Labute approximate surface area is 87.4 Å². The summed E-state index contributed by atoms with van der Waals surface area (Å²) in [6, 6.07) is 6.35. The Morgan fingerprint density at radius 3 is 3.00 bits per heavy atom. The van der Waals surface area contributed by atoms with Gasteiger partial charge in [0.05, 0.1) is 5.69 Å². The van der Waals surface area contributed by atoms with Crippen molar-refractivity contribution in [3.8, 4) is 0 Å². The summed E-state index contributed by atoms with van der Waals surface area (Å²) < 4.78 is 0. The fraction of sp³-hybridized carbons (Fsp3) is 0.250. The van der Waals surface area contributed by atoms with Gasteiger partial charge < -0.3 is 10.2 Å². The van der Waals surface area contributed by atoms with E-state index in [1.165, 1.54) is 16.5 Å². The third-order valence-corrected chi connectivity index (χ3v) is 3.08. The molecule has 0 radical (unpaired) electrons. The smallest absolute Gasteiger partial charge is 0.104 e. The molecule has 0 saturated carbocycles. The van der Waals surface area contributed by atoms with Crippen LogP contribution in [-0.2, 0) is 6.42 Å². The van der Waals surface area contributed by atoms with Gasteiger partial charge >= 0.3 is 0 Å². The largest absolute Gasteiger partial charge is 0.411 e. The molecule has 3 nitrogen and oxygen atoms in total. The molecule has 0 spiro atoms. The minimum Gasteiger partial charge on any atom is -0.411 e. The first-order valence-electron chi connectivity index (χ1n) is 5.12. The van der Waals surface area contributed by atoms with E-state index in [4.69, 9.17) is 5.21 Å². The molecule has 1 heterocycles. The highest BCUT2D eigenvalue weighted by Gasteiger charge is 2.22. The van der Waals surface area contributed by atoms with Crippen molar-refractivity contribution in [2.75, 3.05) is 0 Å². The van der Waals surface area contributed by atoms with Crippen LogP contribution in [0, 0.1) is 6.92 Å². The van der Waals surface area contributed by atoms with Gasteiger partial charge in [0.1, 0.15) is 5.71 Å². The van der Waals surface area contributed by atoms with Crippen LogP contribution in [0.25, 0.3) is 10.9 Å². The zero-order valence-corrected chi connectivity index (χ0v) is 8.54. The molecular formula is C12H12N2O. The minimum atomic E-state index is 0.777. The standard InChI is InChI=1S/C12H12N2O/c1-7-2-4-10-9(6-7)8-3-5-11(14-15)12(8)13-10/h2,4,6,13,15H,3,5H2,1H3. The summed E-state index contributed by atoms with van der Waals surface area (Å²) in [7, 11) is 0. The number of oxime groups is 1. The number of hydrogen-bond donors (Lipinski definition) is 2. The van der Waals surface area contributed by atoms with E-state index >= 15 is 0 Å². The number of nitrogens with one attached hydrogen (secondary N) is 1. The van der Waals surface area contributed by atoms with Gasteiger partial charge in [0.2, 0.25) is 0 Å². The van der Waals surface area contributed by atoms with Crippen molar-refractivity contribution in [3.63, 3.8) is 0 Å². The van der Waals surface area contributed by atoms with Crippen molar-refractivity contribution in [2.24, 2.45) is 5.16 Å². The van der Waals surface area contributed by atoms with Crippen LogP contribution < -0.4 is 0 Å². The quantitative estimate of drug-likeness (QED) is 0.498. The molecule has 76 valence electrons. The minimum absolute atomic E-state index is 0.777. The highest BCUT2D eigenvalue weighted by Crippen LogP contribution is 2.30. The van der Waals surface area contributed by atoms with E-state index in [-0.39, 0.29) is 0 Å². The van der Waals surface area contributed by atoms with E-state index in [0.717, 1.165) is 29.8 Å².